The van der Waals surface area contributed by atoms with Gasteiger partial charge >= 0.3 is 0 Å². The van der Waals surface area contributed by atoms with Crippen LogP contribution in [0.5, 0.6) is 0 Å². The highest BCUT2D eigenvalue weighted by atomic mass is 16.3. The molecule has 0 bridgehead atoms. The average molecular weight is 785 g/mol. The first-order chi connectivity index (χ1) is 30.3. The molecule has 0 atom stereocenters. The largest absolute Gasteiger partial charge is 0.456 e. The summed E-state index contributed by atoms with van der Waals surface area (Å²) in [5, 5.41) is 7.37. The number of furan rings is 1. The van der Waals surface area contributed by atoms with Crippen molar-refractivity contribution in [3.05, 3.63) is 206 Å². The quantitative estimate of drug-likeness (QED) is 0.161. The third-order valence-corrected chi connectivity index (χ3v) is 13.2. The van der Waals surface area contributed by atoms with Crippen LogP contribution >= 0.6 is 0 Å². The van der Waals surface area contributed by atoms with Crippen molar-refractivity contribution < 1.29 is 4.42 Å². The average Bonchev–Trinajstić information content (AvgIpc) is 3.88. The number of anilines is 3. The molecule has 9 aromatic carbocycles. The fourth-order valence-corrected chi connectivity index (χ4v) is 10.5. The molecule has 0 unspecified atom stereocenters. The van der Waals surface area contributed by atoms with E-state index >= 15 is 0 Å². The van der Waals surface area contributed by atoms with Crippen LogP contribution < -0.4 is 4.90 Å². The van der Waals surface area contributed by atoms with Crippen LogP contribution in [0.15, 0.2) is 205 Å². The molecule has 1 saturated carbocycles. The van der Waals surface area contributed by atoms with Crippen LogP contribution in [0.1, 0.15) is 43.6 Å². The van der Waals surface area contributed by atoms with Crippen LogP contribution in [0.25, 0.3) is 82.5 Å². The van der Waals surface area contributed by atoms with E-state index in [1.54, 1.807) is 0 Å². The minimum Gasteiger partial charge on any atom is -0.456 e. The summed E-state index contributed by atoms with van der Waals surface area (Å²) < 4.78 is 8.86. The Balaban J connectivity index is 1.15. The number of aromatic nitrogens is 1. The van der Waals surface area contributed by atoms with Crippen LogP contribution in [0.4, 0.5) is 17.1 Å². The minimum absolute atomic E-state index is 0.566. The molecule has 0 amide bonds. The predicted octanol–water partition coefficient (Wildman–Crippen LogP) is 16.7. The van der Waals surface area contributed by atoms with Crippen molar-refractivity contribution in [2.24, 2.45) is 0 Å². The van der Waals surface area contributed by atoms with E-state index < -0.39 is 0 Å². The summed E-state index contributed by atoms with van der Waals surface area (Å²) in [5.74, 6) is 0.566. The van der Waals surface area contributed by atoms with Crippen molar-refractivity contribution in [1.29, 1.82) is 0 Å². The van der Waals surface area contributed by atoms with Gasteiger partial charge in [0.1, 0.15) is 11.2 Å². The number of hydrogen-bond donors (Lipinski definition) is 0. The van der Waals surface area contributed by atoms with Crippen molar-refractivity contribution in [2.45, 2.75) is 38.0 Å². The smallest absolute Gasteiger partial charge is 0.135 e. The molecule has 0 aliphatic heterocycles. The number of benzene rings is 9. The van der Waals surface area contributed by atoms with Gasteiger partial charge in [0.15, 0.2) is 0 Å². The molecule has 3 nitrogen and oxygen atoms in total. The maximum Gasteiger partial charge on any atom is 0.135 e. The van der Waals surface area contributed by atoms with Gasteiger partial charge in [-0.25, -0.2) is 0 Å². The summed E-state index contributed by atoms with van der Waals surface area (Å²) in [6.45, 7) is 0. The third-order valence-electron chi connectivity index (χ3n) is 13.2. The lowest BCUT2D eigenvalue weighted by atomic mass is 9.80. The second-order valence-corrected chi connectivity index (χ2v) is 16.6. The Hall–Kier alpha value is -7.36. The lowest BCUT2D eigenvalue weighted by Gasteiger charge is -2.31. The van der Waals surface area contributed by atoms with Gasteiger partial charge in [-0.1, -0.05) is 165 Å². The van der Waals surface area contributed by atoms with Crippen molar-refractivity contribution in [1.82, 2.24) is 4.57 Å². The summed E-state index contributed by atoms with van der Waals surface area (Å²) in [7, 11) is 0. The molecule has 0 radical (unpaired) electrons. The highest BCUT2D eigenvalue weighted by Crippen LogP contribution is 2.50. The van der Waals surface area contributed by atoms with Crippen LogP contribution in [0.2, 0.25) is 0 Å². The Morgan fingerprint density at radius 3 is 1.87 bits per heavy atom. The van der Waals surface area contributed by atoms with Crippen LogP contribution in [-0.2, 0) is 0 Å². The topological polar surface area (TPSA) is 21.3 Å². The molecular weight excluding hydrogens is 741 g/mol. The minimum atomic E-state index is 0.566. The number of fused-ring (bicyclic) bond motifs is 7. The Labute approximate surface area is 355 Å². The number of hydrogen-bond acceptors (Lipinski definition) is 2. The van der Waals surface area contributed by atoms with E-state index in [2.05, 4.69) is 204 Å². The first kappa shape index (κ1) is 35.6. The predicted molar refractivity (Wildman–Crippen MR) is 257 cm³/mol. The van der Waals surface area contributed by atoms with Crippen molar-refractivity contribution >= 4 is 71.6 Å². The summed E-state index contributed by atoms with van der Waals surface area (Å²) in [6, 6.07) is 73.4. The fraction of sp³-hybridized carbons (Fsp3) is 0.103. The van der Waals surface area contributed by atoms with Crippen molar-refractivity contribution in [3.63, 3.8) is 0 Å². The maximum absolute atomic E-state index is 6.41. The number of rotatable bonds is 7. The molecule has 2 aromatic heterocycles. The van der Waals surface area contributed by atoms with Gasteiger partial charge in [-0.3, -0.25) is 0 Å². The first-order valence-electron chi connectivity index (χ1n) is 21.8. The van der Waals surface area contributed by atoms with E-state index in [9.17, 15) is 0 Å². The molecule has 1 fully saturated rings. The van der Waals surface area contributed by atoms with E-state index in [1.165, 1.54) is 86.9 Å². The second kappa shape index (κ2) is 14.7. The van der Waals surface area contributed by atoms with Crippen molar-refractivity contribution in [3.8, 4) is 27.9 Å². The van der Waals surface area contributed by atoms with Gasteiger partial charge in [0.05, 0.1) is 22.4 Å². The van der Waals surface area contributed by atoms with Gasteiger partial charge in [-0.2, -0.15) is 0 Å². The summed E-state index contributed by atoms with van der Waals surface area (Å²) in [6.07, 6.45) is 6.43. The molecule has 12 rings (SSSR count). The molecule has 0 saturated heterocycles. The van der Waals surface area contributed by atoms with Gasteiger partial charge in [-0.05, 0) is 95.3 Å². The van der Waals surface area contributed by atoms with E-state index in [-0.39, 0.29) is 0 Å². The highest BCUT2D eigenvalue weighted by Gasteiger charge is 2.26. The Morgan fingerprint density at radius 1 is 0.443 bits per heavy atom. The molecule has 11 aromatic rings. The van der Waals surface area contributed by atoms with Gasteiger partial charge in [0.25, 0.3) is 0 Å². The highest BCUT2D eigenvalue weighted by molar-refractivity contribution is 6.15. The number of para-hydroxylation sites is 6. The molecule has 292 valence electrons. The van der Waals surface area contributed by atoms with Gasteiger partial charge in [0.2, 0.25) is 0 Å². The molecule has 2 heterocycles. The van der Waals surface area contributed by atoms with Gasteiger partial charge in [-0.15, -0.1) is 0 Å². The summed E-state index contributed by atoms with van der Waals surface area (Å²) >= 11 is 0. The molecule has 3 heteroatoms. The molecule has 0 spiro atoms. The Bertz CT molecular complexity index is 3420. The van der Waals surface area contributed by atoms with E-state index in [0.717, 1.165) is 50.3 Å². The third kappa shape index (κ3) is 5.87. The van der Waals surface area contributed by atoms with E-state index in [4.69, 9.17) is 4.42 Å². The lowest BCUT2D eigenvalue weighted by molar-refractivity contribution is 0.445. The molecule has 0 N–H and O–H groups in total. The SMILES string of the molecule is c1ccc(-n2c3ccccc3c3cccc(-c4ccccc4N(c4ccc5oc6ccccc6c5c4)c4ccccc4-c4cccc5cccc(C6CCCCC6)c45)c32)cc1. The molecule has 1 aliphatic rings. The van der Waals surface area contributed by atoms with E-state index in [0.29, 0.717) is 5.92 Å². The van der Waals surface area contributed by atoms with Crippen LogP contribution in [0.3, 0.4) is 0 Å². The van der Waals surface area contributed by atoms with Gasteiger partial charge < -0.3 is 13.9 Å². The maximum atomic E-state index is 6.41. The lowest BCUT2D eigenvalue weighted by Crippen LogP contribution is -2.13. The Morgan fingerprint density at radius 2 is 1.05 bits per heavy atom. The van der Waals surface area contributed by atoms with Gasteiger partial charge in [0, 0.05) is 49.6 Å². The standard InChI is InChI=1S/C58H44N2O/c1-3-18-39(19-4-1)43-28-15-20-40-21-16-29-48(57(40)43)44-24-7-11-32-52(44)59(42-36-37-56-51(38-42)47-27-10-14-35-55(47)61-56)53-33-12-8-25-45(53)49-30-17-31-50-46-26-9-13-34-54(46)60(58(49)50)41-22-5-2-6-23-41/h2,5-17,20-39H,1,3-4,18-19H2. The Kier molecular flexibility index (Phi) is 8.59. The summed E-state index contributed by atoms with van der Waals surface area (Å²) in [5.41, 5.74) is 14.9. The monoisotopic (exact) mass is 784 g/mol. The zero-order chi connectivity index (χ0) is 40.3. The molecule has 61 heavy (non-hydrogen) atoms. The zero-order valence-corrected chi connectivity index (χ0v) is 34.0. The first-order valence-corrected chi connectivity index (χ1v) is 21.8. The number of nitrogens with zero attached hydrogens (tertiary/aromatic N) is 2. The molecular formula is C58H44N2O. The van der Waals surface area contributed by atoms with E-state index in [1.807, 2.05) is 6.07 Å². The molecule has 1 aliphatic carbocycles. The summed E-state index contributed by atoms with van der Waals surface area (Å²) in [4.78, 5) is 2.50. The van der Waals surface area contributed by atoms with Crippen LogP contribution in [0, 0.1) is 0 Å². The second-order valence-electron chi connectivity index (χ2n) is 16.6. The van der Waals surface area contributed by atoms with Crippen molar-refractivity contribution in [2.75, 3.05) is 4.90 Å². The normalized spacial score (nSPS) is 13.5. The fourth-order valence-electron chi connectivity index (χ4n) is 10.5. The van der Waals surface area contributed by atoms with Crippen LogP contribution in [-0.4, -0.2) is 4.57 Å². The zero-order valence-electron chi connectivity index (χ0n) is 34.0.